The van der Waals surface area contributed by atoms with Crippen molar-refractivity contribution in [2.45, 2.75) is 30.6 Å². The minimum absolute atomic E-state index is 0.0830. The third-order valence-electron chi connectivity index (χ3n) is 4.57. The number of carbonyl (C=O) groups excluding carboxylic acids is 1. The second-order valence-corrected chi connectivity index (χ2v) is 7.68. The number of phenols is 1. The third kappa shape index (κ3) is 3.95. The molecular weight excluding hydrogens is 441 g/mol. The summed E-state index contributed by atoms with van der Waals surface area (Å²) < 4.78 is 5.80. The lowest BCUT2D eigenvalue weighted by Gasteiger charge is -2.34. The lowest BCUT2D eigenvalue weighted by molar-refractivity contribution is 0.0648. The van der Waals surface area contributed by atoms with Crippen LogP contribution in [0.25, 0.3) is 0 Å². The molecule has 1 amide bonds. The first kappa shape index (κ1) is 19.3. The number of benzene rings is 2. The summed E-state index contributed by atoms with van der Waals surface area (Å²) >= 11 is 15.9. The average Bonchev–Trinajstić information content (AvgIpc) is 2.57. The lowest BCUT2D eigenvalue weighted by atomic mass is 9.91. The Morgan fingerprint density at radius 3 is 2.46 bits per heavy atom. The molecule has 0 bridgehead atoms. The van der Waals surface area contributed by atoms with Gasteiger partial charge in [-0.1, -0.05) is 39.1 Å². The fraction of sp³-hybridized carbons (Fsp3) is 0.316. The van der Waals surface area contributed by atoms with E-state index in [9.17, 15) is 9.90 Å². The predicted octanol–water partition coefficient (Wildman–Crippen LogP) is 6.01. The van der Waals surface area contributed by atoms with E-state index in [1.807, 2.05) is 0 Å². The van der Waals surface area contributed by atoms with Gasteiger partial charge in [-0.05, 0) is 55.2 Å². The Labute approximate surface area is 170 Å². The Morgan fingerprint density at radius 1 is 1.27 bits per heavy atom. The maximum atomic E-state index is 12.7. The van der Waals surface area contributed by atoms with E-state index < -0.39 is 0 Å². The Balaban J connectivity index is 1.87. The van der Waals surface area contributed by atoms with Crippen molar-refractivity contribution in [2.75, 3.05) is 7.05 Å². The number of phenolic OH excluding ortho intramolecular Hbond substituents is 1. The van der Waals surface area contributed by atoms with Crippen molar-refractivity contribution in [3.63, 3.8) is 0 Å². The van der Waals surface area contributed by atoms with Crippen LogP contribution in [0.5, 0.6) is 17.2 Å². The standard InChI is InChI=1S/C19H18BrCl2NO3/c1-23(12-3-2-4-12)19(25)14-9-13(5-6-17(14)24)26-18-15(21)7-11(10-20)8-16(18)22/h5-9,12,24H,2-4,10H2,1H3. The Hall–Kier alpha value is -1.43. The van der Waals surface area contributed by atoms with Gasteiger partial charge in [-0.3, -0.25) is 4.79 Å². The van der Waals surface area contributed by atoms with Gasteiger partial charge in [-0.15, -0.1) is 0 Å². The fourth-order valence-electron chi connectivity index (χ4n) is 2.78. The molecule has 2 aromatic rings. The summed E-state index contributed by atoms with van der Waals surface area (Å²) in [5.74, 6) is 0.378. The Morgan fingerprint density at radius 2 is 1.92 bits per heavy atom. The number of nitrogens with zero attached hydrogens (tertiary/aromatic N) is 1. The molecule has 138 valence electrons. The number of ether oxygens (including phenoxy) is 1. The SMILES string of the molecule is CN(C(=O)c1cc(Oc2c(Cl)cc(CBr)cc2Cl)ccc1O)C1CCC1. The van der Waals surface area contributed by atoms with Gasteiger partial charge in [0.1, 0.15) is 11.5 Å². The summed E-state index contributed by atoms with van der Waals surface area (Å²) in [5, 5.41) is 11.5. The van der Waals surface area contributed by atoms with E-state index in [2.05, 4.69) is 15.9 Å². The Bertz CT molecular complexity index is 817. The zero-order valence-corrected chi connectivity index (χ0v) is 17.2. The minimum Gasteiger partial charge on any atom is -0.507 e. The van der Waals surface area contributed by atoms with Crippen LogP contribution in [0.2, 0.25) is 10.0 Å². The van der Waals surface area contributed by atoms with Gasteiger partial charge in [0.2, 0.25) is 0 Å². The van der Waals surface area contributed by atoms with E-state index in [1.54, 1.807) is 30.1 Å². The fourth-order valence-corrected chi connectivity index (χ4v) is 3.72. The van der Waals surface area contributed by atoms with E-state index in [-0.39, 0.29) is 23.3 Å². The van der Waals surface area contributed by atoms with Gasteiger partial charge in [-0.25, -0.2) is 0 Å². The molecule has 0 radical (unpaired) electrons. The van der Waals surface area contributed by atoms with Crippen molar-refractivity contribution in [3.05, 3.63) is 51.5 Å². The highest BCUT2D eigenvalue weighted by Crippen LogP contribution is 2.39. The van der Waals surface area contributed by atoms with Gasteiger partial charge in [0, 0.05) is 18.4 Å². The van der Waals surface area contributed by atoms with Crippen molar-refractivity contribution in [1.29, 1.82) is 0 Å². The molecule has 0 heterocycles. The van der Waals surface area contributed by atoms with E-state index in [0.29, 0.717) is 26.9 Å². The third-order valence-corrected chi connectivity index (χ3v) is 5.78. The molecule has 1 aliphatic carbocycles. The van der Waals surface area contributed by atoms with Crippen LogP contribution < -0.4 is 4.74 Å². The van der Waals surface area contributed by atoms with Crippen LogP contribution in [0.15, 0.2) is 30.3 Å². The summed E-state index contributed by atoms with van der Waals surface area (Å²) in [4.78, 5) is 14.3. The number of amides is 1. The summed E-state index contributed by atoms with van der Waals surface area (Å²) in [6.45, 7) is 0. The van der Waals surface area contributed by atoms with Crippen molar-refractivity contribution >= 4 is 45.0 Å². The molecule has 1 aliphatic rings. The predicted molar refractivity (Wildman–Crippen MR) is 107 cm³/mol. The number of rotatable bonds is 5. The van der Waals surface area contributed by atoms with Gasteiger partial charge in [-0.2, -0.15) is 0 Å². The highest BCUT2D eigenvalue weighted by Gasteiger charge is 2.28. The van der Waals surface area contributed by atoms with Crippen LogP contribution in [0.3, 0.4) is 0 Å². The van der Waals surface area contributed by atoms with Crippen LogP contribution in [-0.2, 0) is 5.33 Å². The van der Waals surface area contributed by atoms with Crippen LogP contribution >= 0.6 is 39.1 Å². The molecule has 3 rings (SSSR count). The average molecular weight is 459 g/mol. The minimum atomic E-state index is -0.232. The van der Waals surface area contributed by atoms with Gasteiger partial charge < -0.3 is 14.7 Å². The first-order chi connectivity index (χ1) is 12.4. The van der Waals surface area contributed by atoms with Crippen LogP contribution in [0, 0.1) is 0 Å². The number of hydrogen-bond donors (Lipinski definition) is 1. The molecule has 0 saturated heterocycles. The topological polar surface area (TPSA) is 49.8 Å². The summed E-state index contributed by atoms with van der Waals surface area (Å²) in [6.07, 6.45) is 3.10. The van der Waals surface area contributed by atoms with E-state index in [4.69, 9.17) is 27.9 Å². The molecule has 4 nitrogen and oxygen atoms in total. The van der Waals surface area contributed by atoms with Gasteiger partial charge in [0.05, 0.1) is 15.6 Å². The van der Waals surface area contributed by atoms with Gasteiger partial charge in [0.25, 0.3) is 5.91 Å². The Kier molecular flexibility index (Phi) is 6.00. The van der Waals surface area contributed by atoms with Crippen molar-refractivity contribution in [3.8, 4) is 17.2 Å². The second-order valence-electron chi connectivity index (χ2n) is 6.30. The van der Waals surface area contributed by atoms with Crippen LogP contribution in [0.1, 0.15) is 35.2 Å². The van der Waals surface area contributed by atoms with Crippen molar-refractivity contribution < 1.29 is 14.6 Å². The molecule has 0 aliphatic heterocycles. The monoisotopic (exact) mass is 457 g/mol. The van der Waals surface area contributed by atoms with E-state index >= 15 is 0 Å². The molecule has 0 atom stereocenters. The van der Waals surface area contributed by atoms with Crippen molar-refractivity contribution in [1.82, 2.24) is 4.90 Å². The highest BCUT2D eigenvalue weighted by molar-refractivity contribution is 9.08. The lowest BCUT2D eigenvalue weighted by Crippen LogP contribution is -2.41. The maximum Gasteiger partial charge on any atom is 0.257 e. The van der Waals surface area contributed by atoms with Gasteiger partial charge >= 0.3 is 0 Å². The van der Waals surface area contributed by atoms with Crippen LogP contribution in [0.4, 0.5) is 0 Å². The molecule has 0 spiro atoms. The maximum absolute atomic E-state index is 12.7. The van der Waals surface area contributed by atoms with E-state index in [1.165, 1.54) is 12.1 Å². The summed E-state index contributed by atoms with van der Waals surface area (Å²) in [5.41, 5.74) is 1.12. The first-order valence-electron chi connectivity index (χ1n) is 8.22. The van der Waals surface area contributed by atoms with Crippen molar-refractivity contribution in [2.24, 2.45) is 0 Å². The molecule has 0 unspecified atom stereocenters. The van der Waals surface area contributed by atoms with Crippen LogP contribution in [-0.4, -0.2) is 29.0 Å². The zero-order chi connectivity index (χ0) is 18.8. The molecule has 2 aromatic carbocycles. The molecule has 1 N–H and O–H groups in total. The number of hydrogen-bond acceptors (Lipinski definition) is 3. The van der Waals surface area contributed by atoms with Gasteiger partial charge in [0.15, 0.2) is 5.75 Å². The molecular formula is C19H18BrCl2NO3. The number of halogens is 3. The zero-order valence-electron chi connectivity index (χ0n) is 14.1. The summed E-state index contributed by atoms with van der Waals surface area (Å²) in [7, 11) is 1.76. The number of aromatic hydroxyl groups is 1. The summed E-state index contributed by atoms with van der Waals surface area (Å²) in [6, 6.07) is 8.26. The molecule has 1 saturated carbocycles. The molecule has 7 heteroatoms. The smallest absolute Gasteiger partial charge is 0.257 e. The second kappa shape index (κ2) is 8.07. The molecule has 26 heavy (non-hydrogen) atoms. The normalized spacial score (nSPS) is 14.0. The molecule has 0 aromatic heterocycles. The number of carbonyl (C=O) groups is 1. The number of alkyl halides is 1. The first-order valence-corrected chi connectivity index (χ1v) is 10.1. The quantitative estimate of drug-likeness (QED) is 0.558. The van der Waals surface area contributed by atoms with E-state index in [0.717, 1.165) is 24.8 Å². The molecule has 1 fully saturated rings. The largest absolute Gasteiger partial charge is 0.507 e. The highest BCUT2D eigenvalue weighted by atomic mass is 79.9.